The normalized spacial score (nSPS) is 18.7. The summed E-state index contributed by atoms with van der Waals surface area (Å²) in [6.07, 6.45) is 7.23. The van der Waals surface area contributed by atoms with Gasteiger partial charge < -0.3 is 15.1 Å². The number of carbonyl (C=O) groups excluding carboxylic acids is 1. The van der Waals surface area contributed by atoms with Crippen LogP contribution in [0, 0.1) is 12.7 Å². The molecule has 32 heavy (non-hydrogen) atoms. The largest absolute Gasteiger partial charge is 0.343 e. The van der Waals surface area contributed by atoms with E-state index in [0.29, 0.717) is 24.2 Å². The first-order valence-corrected chi connectivity index (χ1v) is 11.9. The van der Waals surface area contributed by atoms with Crippen molar-refractivity contribution in [1.29, 1.82) is 0 Å². The fourth-order valence-corrected chi connectivity index (χ4v) is 4.85. The monoisotopic (exact) mass is 439 g/mol. The summed E-state index contributed by atoms with van der Waals surface area (Å²) in [6, 6.07) is 7.53. The highest BCUT2D eigenvalue weighted by Crippen LogP contribution is 2.30. The Morgan fingerprint density at radius 1 is 1.19 bits per heavy atom. The summed E-state index contributed by atoms with van der Waals surface area (Å²) in [6.45, 7) is 8.17. The molecule has 2 aromatic rings. The van der Waals surface area contributed by atoms with Crippen LogP contribution in [0.1, 0.15) is 62.8 Å². The molecule has 172 valence electrons. The van der Waals surface area contributed by atoms with E-state index >= 15 is 0 Å². The summed E-state index contributed by atoms with van der Waals surface area (Å²) in [7, 11) is 0. The Labute approximate surface area is 190 Å². The van der Waals surface area contributed by atoms with Crippen molar-refractivity contribution in [1.82, 2.24) is 19.8 Å². The Morgan fingerprint density at radius 3 is 2.62 bits per heavy atom. The second kappa shape index (κ2) is 10.4. The number of amides is 1. The van der Waals surface area contributed by atoms with Crippen molar-refractivity contribution in [3.8, 4) is 0 Å². The molecule has 0 radical (unpaired) electrons. The van der Waals surface area contributed by atoms with Gasteiger partial charge in [0.25, 0.3) is 0 Å². The maximum absolute atomic E-state index is 13.1. The van der Waals surface area contributed by atoms with Gasteiger partial charge in [-0.1, -0.05) is 0 Å². The van der Waals surface area contributed by atoms with Crippen LogP contribution in [0.25, 0.3) is 0 Å². The van der Waals surface area contributed by atoms with Gasteiger partial charge in [-0.25, -0.2) is 9.37 Å². The van der Waals surface area contributed by atoms with Crippen molar-refractivity contribution in [2.24, 2.45) is 0 Å². The molecule has 6 nitrogen and oxygen atoms in total. The Bertz CT molecular complexity index is 905. The molecule has 2 aliphatic rings. The van der Waals surface area contributed by atoms with E-state index in [4.69, 9.17) is 4.98 Å². The third kappa shape index (κ3) is 5.82. The molecule has 0 unspecified atom stereocenters. The van der Waals surface area contributed by atoms with Gasteiger partial charge in [-0.15, -0.1) is 0 Å². The van der Waals surface area contributed by atoms with Gasteiger partial charge in [-0.2, -0.15) is 0 Å². The number of piperidine rings is 1. The molecule has 7 heteroatoms. The lowest BCUT2D eigenvalue weighted by atomic mass is 9.92. The van der Waals surface area contributed by atoms with Crippen LogP contribution in [0.2, 0.25) is 0 Å². The molecule has 4 heterocycles. The number of halogens is 1. The summed E-state index contributed by atoms with van der Waals surface area (Å²) < 4.78 is 13.1. The summed E-state index contributed by atoms with van der Waals surface area (Å²) in [4.78, 5) is 26.1. The Balaban J connectivity index is 1.30. The maximum atomic E-state index is 13.1. The van der Waals surface area contributed by atoms with Crippen molar-refractivity contribution in [2.75, 3.05) is 31.5 Å². The van der Waals surface area contributed by atoms with Gasteiger partial charge in [-0.3, -0.25) is 9.78 Å². The highest BCUT2D eigenvalue weighted by atomic mass is 19.1. The molecule has 0 bridgehead atoms. The third-order valence-corrected chi connectivity index (χ3v) is 6.78. The standard InChI is InChI=1S/C25H34FN5O/c1-18-15-22(29-24-7-6-21(26)17-27-24)16-23(28-18)20-9-13-31(14-10-20)25(32)8-5-19(2)30-11-3-4-12-30/h6-7,15-17,19-20H,3-5,8-14H2,1-2H3,(H,27,28,29)/t19-/m1/s1. The van der Waals surface area contributed by atoms with E-state index in [2.05, 4.69) is 28.2 Å². The fraction of sp³-hybridized carbons (Fsp3) is 0.560. The number of hydrogen-bond acceptors (Lipinski definition) is 5. The minimum absolute atomic E-state index is 0.288. The second-order valence-corrected chi connectivity index (χ2v) is 9.19. The number of aryl methyl sites for hydroxylation is 1. The minimum atomic E-state index is -0.353. The zero-order valence-electron chi connectivity index (χ0n) is 19.2. The number of likely N-dealkylation sites (tertiary alicyclic amines) is 2. The van der Waals surface area contributed by atoms with Gasteiger partial charge in [-0.05, 0) is 83.3 Å². The highest BCUT2D eigenvalue weighted by molar-refractivity contribution is 5.76. The molecule has 2 aliphatic heterocycles. The summed E-state index contributed by atoms with van der Waals surface area (Å²) in [5.41, 5.74) is 2.88. The zero-order valence-corrected chi connectivity index (χ0v) is 19.2. The molecular formula is C25H34FN5O. The fourth-order valence-electron chi connectivity index (χ4n) is 4.85. The predicted molar refractivity (Wildman–Crippen MR) is 125 cm³/mol. The zero-order chi connectivity index (χ0) is 22.5. The smallest absolute Gasteiger partial charge is 0.222 e. The number of aromatic nitrogens is 2. The average molecular weight is 440 g/mol. The quantitative estimate of drug-likeness (QED) is 0.681. The number of rotatable bonds is 7. The van der Waals surface area contributed by atoms with Gasteiger partial charge in [0.05, 0.1) is 6.20 Å². The van der Waals surface area contributed by atoms with Crippen LogP contribution in [0.3, 0.4) is 0 Å². The van der Waals surface area contributed by atoms with Crippen molar-refractivity contribution < 1.29 is 9.18 Å². The van der Waals surface area contributed by atoms with Gasteiger partial charge in [0.15, 0.2) is 0 Å². The molecule has 0 saturated carbocycles. The van der Waals surface area contributed by atoms with E-state index in [1.807, 2.05) is 17.9 Å². The minimum Gasteiger partial charge on any atom is -0.343 e. The number of pyridine rings is 2. The SMILES string of the molecule is Cc1cc(Nc2ccc(F)cn2)cc(C2CCN(C(=O)CC[C@@H](C)N3CCCC3)CC2)n1. The van der Waals surface area contributed by atoms with E-state index in [1.165, 1.54) is 38.2 Å². The molecule has 2 aromatic heterocycles. The Hall–Kier alpha value is -2.54. The van der Waals surface area contributed by atoms with E-state index in [9.17, 15) is 9.18 Å². The molecule has 0 aromatic carbocycles. The number of hydrogen-bond donors (Lipinski definition) is 1. The lowest BCUT2D eigenvalue weighted by Gasteiger charge is -2.33. The van der Waals surface area contributed by atoms with Crippen LogP contribution in [0.4, 0.5) is 15.9 Å². The van der Waals surface area contributed by atoms with Crippen LogP contribution in [0.15, 0.2) is 30.5 Å². The van der Waals surface area contributed by atoms with Crippen molar-refractivity contribution in [2.45, 2.75) is 64.3 Å². The van der Waals surface area contributed by atoms with Gasteiger partial charge in [0, 0.05) is 48.5 Å². The molecular weight excluding hydrogens is 405 g/mol. The first kappa shape index (κ1) is 22.6. The summed E-state index contributed by atoms with van der Waals surface area (Å²) >= 11 is 0. The van der Waals surface area contributed by atoms with Crippen molar-refractivity contribution >= 4 is 17.4 Å². The maximum Gasteiger partial charge on any atom is 0.222 e. The first-order chi connectivity index (χ1) is 15.5. The van der Waals surface area contributed by atoms with Gasteiger partial charge in [0.1, 0.15) is 11.6 Å². The molecule has 4 rings (SSSR count). The van der Waals surface area contributed by atoms with Gasteiger partial charge in [0.2, 0.25) is 5.91 Å². The lowest BCUT2D eigenvalue weighted by molar-refractivity contribution is -0.132. The number of carbonyl (C=O) groups is 1. The van der Waals surface area contributed by atoms with E-state index in [1.54, 1.807) is 6.07 Å². The molecule has 1 amide bonds. The van der Waals surface area contributed by atoms with Crippen LogP contribution in [-0.2, 0) is 4.79 Å². The average Bonchev–Trinajstić information content (AvgIpc) is 3.34. The van der Waals surface area contributed by atoms with Crippen LogP contribution < -0.4 is 5.32 Å². The topological polar surface area (TPSA) is 61.4 Å². The number of nitrogens with one attached hydrogen (secondary N) is 1. The first-order valence-electron chi connectivity index (χ1n) is 11.9. The predicted octanol–water partition coefficient (Wildman–Crippen LogP) is 4.64. The van der Waals surface area contributed by atoms with Crippen LogP contribution in [0.5, 0.6) is 0 Å². The van der Waals surface area contributed by atoms with Gasteiger partial charge >= 0.3 is 0 Å². The molecule has 0 aliphatic carbocycles. The molecule has 1 N–H and O–H groups in total. The molecule has 2 fully saturated rings. The van der Waals surface area contributed by atoms with E-state index < -0.39 is 0 Å². The molecule has 1 atom stereocenters. The molecule has 2 saturated heterocycles. The van der Waals surface area contributed by atoms with Crippen molar-refractivity contribution in [3.05, 3.63) is 47.7 Å². The third-order valence-electron chi connectivity index (χ3n) is 6.78. The molecule has 0 spiro atoms. The van der Waals surface area contributed by atoms with Crippen LogP contribution >= 0.6 is 0 Å². The Morgan fingerprint density at radius 2 is 1.94 bits per heavy atom. The highest BCUT2D eigenvalue weighted by Gasteiger charge is 2.26. The van der Waals surface area contributed by atoms with E-state index in [0.717, 1.165) is 49.4 Å². The van der Waals surface area contributed by atoms with Crippen molar-refractivity contribution in [3.63, 3.8) is 0 Å². The number of anilines is 2. The summed E-state index contributed by atoms with van der Waals surface area (Å²) in [5, 5.41) is 3.24. The number of nitrogens with zero attached hydrogens (tertiary/aromatic N) is 4. The summed E-state index contributed by atoms with van der Waals surface area (Å²) in [5.74, 6) is 0.876. The second-order valence-electron chi connectivity index (χ2n) is 9.19. The Kier molecular flexibility index (Phi) is 7.35. The lowest BCUT2D eigenvalue weighted by Crippen LogP contribution is -2.39. The van der Waals surface area contributed by atoms with Crippen LogP contribution in [-0.4, -0.2) is 57.9 Å². The van der Waals surface area contributed by atoms with E-state index in [-0.39, 0.29) is 11.7 Å².